The van der Waals surface area contributed by atoms with Crippen molar-refractivity contribution in [3.63, 3.8) is 0 Å². The van der Waals surface area contributed by atoms with E-state index in [0.29, 0.717) is 30.4 Å². The number of esters is 1. The van der Waals surface area contributed by atoms with E-state index < -0.39 is 182 Å². The quantitative estimate of drug-likeness (QED) is 0.00835. The monoisotopic (exact) mass is 1400 g/mol. The lowest BCUT2D eigenvalue weighted by Gasteiger charge is -2.39. The van der Waals surface area contributed by atoms with E-state index in [0.717, 1.165) is 40.9 Å². The third-order valence-corrected chi connectivity index (χ3v) is 18.2. The Kier molecular flexibility index (Phi) is 33.7. The SMILES string of the molecule is NC(=O)CC[C@@H]1NC(=O)[C@H](Cc2ccccc2)NC(=O)[C@H](Cc2ccc(OC(=O)CCCCCCCCO[C@@H]3O[C@H](CO)[C@@H](O)[C@H](O)[C@H]3O)cc2)NC(=O)[C@@H](N)CSSC[C@@H](C(=O)N2CCC[C@H]2C(=O)N[C@@H](CCCN=C(N)N)C(=O)NCC(N)=O)NC(=O)[C@H](CC(N)=O)NC1=O. The molecule has 3 aliphatic rings. The number of amides is 11. The zero-order chi connectivity index (χ0) is 71.1. The largest absolute Gasteiger partial charge is 0.427 e. The lowest BCUT2D eigenvalue weighted by atomic mass is 9.99. The molecule has 5 rings (SSSR count). The second-order valence-corrected chi connectivity index (χ2v) is 26.0. The van der Waals surface area contributed by atoms with Crippen LogP contribution in [0, 0.1) is 0 Å². The van der Waals surface area contributed by atoms with Gasteiger partial charge < -0.3 is 111 Å². The Morgan fingerprint density at radius 2 is 1.27 bits per heavy atom. The van der Waals surface area contributed by atoms with Crippen LogP contribution in [0.25, 0.3) is 0 Å². The van der Waals surface area contributed by atoms with Gasteiger partial charge in [-0.3, -0.25) is 62.5 Å². The lowest BCUT2D eigenvalue weighted by molar-refractivity contribution is -0.301. The number of carbonyl (C=O) groups excluding carboxylic acids is 12. The number of aliphatic hydroxyl groups is 4. The van der Waals surface area contributed by atoms with Crippen LogP contribution in [0.15, 0.2) is 59.6 Å². The number of benzene rings is 2. The van der Waals surface area contributed by atoms with Crippen LogP contribution in [0.5, 0.6) is 5.75 Å². The summed E-state index contributed by atoms with van der Waals surface area (Å²) in [5.74, 6) is -11.2. The Bertz CT molecular complexity index is 3030. The first kappa shape index (κ1) is 79.5. The summed E-state index contributed by atoms with van der Waals surface area (Å²) in [4.78, 5) is 168. The van der Waals surface area contributed by atoms with Gasteiger partial charge in [-0.2, -0.15) is 0 Å². The van der Waals surface area contributed by atoms with Gasteiger partial charge >= 0.3 is 5.97 Å². The van der Waals surface area contributed by atoms with Crippen molar-refractivity contribution in [1.29, 1.82) is 0 Å². The summed E-state index contributed by atoms with van der Waals surface area (Å²) < 4.78 is 16.5. The molecule has 3 fully saturated rings. The number of guanidine groups is 1. The zero-order valence-electron chi connectivity index (χ0n) is 53.6. The molecule has 0 aromatic heterocycles. The van der Waals surface area contributed by atoms with Crippen LogP contribution >= 0.6 is 21.6 Å². The maximum Gasteiger partial charge on any atom is 0.311 e. The fourth-order valence-electron chi connectivity index (χ4n) is 10.5. The molecular formula is C61H91N15O19S2. The van der Waals surface area contributed by atoms with Gasteiger partial charge in [0.15, 0.2) is 12.2 Å². The number of nitrogens with one attached hydrogen (secondary N) is 7. The minimum atomic E-state index is -1.83. The summed E-state index contributed by atoms with van der Waals surface area (Å²) in [6.07, 6.45) is -4.21. The molecule has 3 aliphatic heterocycles. The Labute approximate surface area is 567 Å². The summed E-state index contributed by atoms with van der Waals surface area (Å²) in [7, 11) is 1.95. The van der Waals surface area contributed by atoms with E-state index >= 15 is 0 Å². The first-order valence-corrected chi connectivity index (χ1v) is 34.3. The average molecular weight is 1400 g/mol. The van der Waals surface area contributed by atoms with Crippen molar-refractivity contribution in [3.8, 4) is 5.75 Å². The molecule has 2 aromatic carbocycles. The van der Waals surface area contributed by atoms with Gasteiger partial charge in [0.25, 0.3) is 0 Å². The van der Waals surface area contributed by atoms with E-state index in [2.05, 4.69) is 42.2 Å². The zero-order valence-corrected chi connectivity index (χ0v) is 55.2. The second kappa shape index (κ2) is 41.1. The van der Waals surface area contributed by atoms with E-state index in [1.807, 2.05) is 0 Å². The van der Waals surface area contributed by atoms with E-state index in [4.69, 9.17) is 48.6 Å². The molecule has 0 bridgehead atoms. The van der Waals surface area contributed by atoms with Gasteiger partial charge in [0.2, 0.25) is 65.0 Å². The summed E-state index contributed by atoms with van der Waals surface area (Å²) in [5, 5.41) is 57.3. The lowest BCUT2D eigenvalue weighted by Crippen LogP contribution is -2.61. The second-order valence-electron chi connectivity index (χ2n) is 23.5. The number of hydrogen-bond donors (Lipinski definition) is 17. The molecular weight excluding hydrogens is 1310 g/mol. The van der Waals surface area contributed by atoms with Gasteiger partial charge in [-0.05, 0) is 68.2 Å². The third-order valence-electron chi connectivity index (χ3n) is 15.8. The van der Waals surface area contributed by atoms with Gasteiger partial charge in [0, 0.05) is 56.9 Å². The Hall–Kier alpha value is -8.23. The topological polar surface area (TPSA) is 569 Å². The summed E-state index contributed by atoms with van der Waals surface area (Å²) >= 11 is 0. The van der Waals surface area contributed by atoms with E-state index in [1.54, 1.807) is 42.5 Å². The Morgan fingerprint density at radius 3 is 1.91 bits per heavy atom. The predicted molar refractivity (Wildman–Crippen MR) is 352 cm³/mol. The molecule has 11 amide bonds. The van der Waals surface area contributed by atoms with Crippen molar-refractivity contribution in [2.75, 3.05) is 44.4 Å². The number of carbonyl (C=O) groups is 12. The van der Waals surface area contributed by atoms with Gasteiger partial charge in [0.1, 0.15) is 72.5 Å². The smallest absolute Gasteiger partial charge is 0.311 e. The number of rotatable bonds is 31. The summed E-state index contributed by atoms with van der Waals surface area (Å²) in [6, 6.07) is 2.63. The highest BCUT2D eigenvalue weighted by molar-refractivity contribution is 8.76. The molecule has 536 valence electrons. The summed E-state index contributed by atoms with van der Waals surface area (Å²) in [5.41, 5.74) is 34.6. The standard InChI is InChI=1S/C61H91N15O19S2/c62-36-31-96-97-32-42(59(92)76-24-11-15-43(76)58(91)71-37(14-10-23-68-61(66)67)53(86)69-29-47(65)80)75-57(90)41(28-46(64)79)74-54(87)38(21-22-45(63)78)70-55(88)40(26-33-12-6-5-7-13-33)73-56(89)39(72-52(36)85)27-34-17-19-35(20-18-34)94-48(81)16-8-3-1-2-4-9-25-93-60-51(84)50(83)49(82)44(30-77)95-60/h5-7,12-13,17-20,36-44,49-51,60,77,82-84H,1-4,8-11,14-16,21-32,62H2,(H2,63,78)(H2,64,79)(H2,65,80)(H,69,86)(H,70,88)(H,71,91)(H,72,85)(H,73,89)(H,74,87)(H,75,90)(H4,66,67,68)/t36-,37-,38-,39-,40-,41-,42-,43-,44+,49+,50-,51+,60+/m0/s1. The molecule has 97 heavy (non-hydrogen) atoms. The van der Waals surface area contributed by atoms with Crippen LogP contribution in [-0.4, -0.2) is 226 Å². The number of ether oxygens (including phenoxy) is 3. The molecule has 0 unspecified atom stereocenters. The maximum absolute atomic E-state index is 14.8. The number of nitrogens with zero attached hydrogens (tertiary/aromatic N) is 2. The highest BCUT2D eigenvalue weighted by Gasteiger charge is 2.45. The molecule has 3 heterocycles. The normalized spacial score (nSPS) is 24.9. The fraction of sp³-hybridized carbons (Fsp3) is 0.590. The molecule has 36 heteroatoms. The van der Waals surface area contributed by atoms with E-state index in [-0.39, 0.29) is 87.9 Å². The van der Waals surface area contributed by atoms with Gasteiger partial charge in [0.05, 0.1) is 25.6 Å². The third kappa shape index (κ3) is 27.3. The number of primary amides is 3. The average Bonchev–Trinajstić information content (AvgIpc) is 1.81. The molecule has 13 atom stereocenters. The van der Waals surface area contributed by atoms with Gasteiger partial charge in [-0.25, -0.2) is 0 Å². The molecule has 0 aliphatic carbocycles. The number of hydrogen-bond acceptors (Lipinski definition) is 23. The number of aliphatic imine (C=N–C) groups is 1. The van der Waals surface area contributed by atoms with E-state index in [9.17, 15) is 78.0 Å². The van der Waals surface area contributed by atoms with Crippen LogP contribution in [0.3, 0.4) is 0 Å². The van der Waals surface area contributed by atoms with Crippen LogP contribution in [0.2, 0.25) is 0 Å². The van der Waals surface area contributed by atoms with Crippen molar-refractivity contribution in [2.45, 2.75) is 182 Å². The van der Waals surface area contributed by atoms with Crippen molar-refractivity contribution >= 4 is 98.5 Å². The Morgan fingerprint density at radius 1 is 0.670 bits per heavy atom. The molecule has 23 N–H and O–H groups in total. The first-order valence-electron chi connectivity index (χ1n) is 31.8. The van der Waals surface area contributed by atoms with Gasteiger partial charge in [-0.1, -0.05) is 89.7 Å². The minimum Gasteiger partial charge on any atom is -0.427 e. The van der Waals surface area contributed by atoms with E-state index in [1.165, 1.54) is 17.0 Å². The van der Waals surface area contributed by atoms with Crippen LogP contribution in [0.1, 0.15) is 101 Å². The molecule has 0 spiro atoms. The van der Waals surface area contributed by atoms with Crippen LogP contribution in [-0.2, 0) is 79.8 Å². The predicted octanol–water partition coefficient (Wildman–Crippen LogP) is -5.66. The van der Waals surface area contributed by atoms with Crippen molar-refractivity contribution in [3.05, 3.63) is 65.7 Å². The highest BCUT2D eigenvalue weighted by atomic mass is 33.1. The van der Waals surface area contributed by atoms with Crippen molar-refractivity contribution in [1.82, 2.24) is 42.1 Å². The number of aliphatic hydroxyl groups excluding tert-OH is 4. The van der Waals surface area contributed by atoms with Crippen LogP contribution in [0.4, 0.5) is 0 Å². The fourth-order valence-corrected chi connectivity index (χ4v) is 12.8. The molecule has 3 saturated heterocycles. The van der Waals surface area contributed by atoms with Crippen molar-refractivity contribution < 1.29 is 92.2 Å². The Balaban J connectivity index is 1.34. The van der Waals surface area contributed by atoms with Gasteiger partial charge in [-0.15, -0.1) is 0 Å². The maximum atomic E-state index is 14.8. The molecule has 0 radical (unpaired) electrons. The molecule has 2 aromatic rings. The van der Waals surface area contributed by atoms with Crippen molar-refractivity contribution in [2.24, 2.45) is 39.4 Å². The first-order chi connectivity index (χ1) is 46.2. The summed E-state index contributed by atoms with van der Waals surface area (Å²) in [6.45, 7) is -0.877. The number of unbranched alkanes of at least 4 members (excludes halogenated alkanes) is 5. The number of nitrogens with two attached hydrogens (primary N) is 6. The number of likely N-dealkylation sites (tertiary alicyclic amines) is 1. The highest BCUT2D eigenvalue weighted by Crippen LogP contribution is 2.27. The minimum absolute atomic E-state index is 0.0203. The molecule has 34 nitrogen and oxygen atoms in total. The van der Waals surface area contributed by atoms with Crippen LogP contribution < -0.4 is 76.4 Å². The molecule has 0 saturated carbocycles.